The Bertz CT molecular complexity index is 769. The third-order valence-corrected chi connectivity index (χ3v) is 4.31. The lowest BCUT2D eigenvalue weighted by atomic mass is 10.1. The van der Waals surface area contributed by atoms with E-state index in [1.54, 1.807) is 25.4 Å². The molecule has 1 aromatic carbocycles. The first-order chi connectivity index (χ1) is 11.6. The van der Waals surface area contributed by atoms with Crippen LogP contribution in [-0.2, 0) is 13.6 Å². The summed E-state index contributed by atoms with van der Waals surface area (Å²) in [5.41, 5.74) is 1.67. The van der Waals surface area contributed by atoms with Crippen molar-refractivity contribution < 1.29 is 9.13 Å². The van der Waals surface area contributed by atoms with Crippen molar-refractivity contribution in [2.75, 3.05) is 38.2 Å². The Labute approximate surface area is 140 Å². The van der Waals surface area contributed by atoms with Crippen LogP contribution in [-0.4, -0.2) is 48.0 Å². The predicted octanol–water partition coefficient (Wildman–Crippen LogP) is 1.25. The number of hydrogen-bond acceptors (Lipinski definition) is 5. The van der Waals surface area contributed by atoms with E-state index in [0.29, 0.717) is 6.54 Å². The van der Waals surface area contributed by atoms with Crippen molar-refractivity contribution in [3.8, 4) is 5.75 Å². The Morgan fingerprint density at radius 3 is 2.58 bits per heavy atom. The molecule has 7 heteroatoms. The van der Waals surface area contributed by atoms with E-state index < -0.39 is 0 Å². The number of aromatic nitrogens is 2. The molecule has 0 radical (unpaired) electrons. The Morgan fingerprint density at radius 2 is 1.96 bits per heavy atom. The summed E-state index contributed by atoms with van der Waals surface area (Å²) in [6.07, 6.45) is 1.72. The van der Waals surface area contributed by atoms with E-state index in [4.69, 9.17) is 4.74 Å². The van der Waals surface area contributed by atoms with Gasteiger partial charge in [-0.05, 0) is 17.7 Å². The molecule has 0 amide bonds. The second-order valence-electron chi connectivity index (χ2n) is 5.91. The van der Waals surface area contributed by atoms with Crippen LogP contribution < -0.4 is 15.2 Å². The summed E-state index contributed by atoms with van der Waals surface area (Å²) in [6.45, 7) is 4.02. The van der Waals surface area contributed by atoms with Gasteiger partial charge in [0.15, 0.2) is 11.6 Å². The zero-order valence-corrected chi connectivity index (χ0v) is 13.9. The minimum Gasteiger partial charge on any atom is -0.494 e. The SMILES string of the molecule is COc1ccc(CN2CCN(c3cnn(C)c(=O)c3)CC2)cc1F. The first-order valence-electron chi connectivity index (χ1n) is 7.90. The fourth-order valence-electron chi connectivity index (χ4n) is 2.86. The van der Waals surface area contributed by atoms with E-state index in [1.165, 1.54) is 17.9 Å². The van der Waals surface area contributed by atoms with E-state index in [9.17, 15) is 9.18 Å². The number of anilines is 1. The second kappa shape index (κ2) is 7.00. The molecular weight excluding hydrogens is 311 g/mol. The number of hydrogen-bond donors (Lipinski definition) is 0. The highest BCUT2D eigenvalue weighted by atomic mass is 19.1. The van der Waals surface area contributed by atoms with Crippen LogP contribution in [0.4, 0.5) is 10.1 Å². The number of benzene rings is 1. The Kier molecular flexibility index (Phi) is 4.80. The molecule has 2 heterocycles. The van der Waals surface area contributed by atoms with E-state index in [1.807, 2.05) is 6.07 Å². The van der Waals surface area contributed by atoms with Gasteiger partial charge in [-0.3, -0.25) is 9.69 Å². The van der Waals surface area contributed by atoms with Gasteiger partial charge in [-0.15, -0.1) is 0 Å². The van der Waals surface area contributed by atoms with Crippen molar-refractivity contribution in [2.45, 2.75) is 6.54 Å². The number of halogens is 1. The summed E-state index contributed by atoms with van der Waals surface area (Å²) >= 11 is 0. The van der Waals surface area contributed by atoms with Gasteiger partial charge < -0.3 is 9.64 Å². The van der Waals surface area contributed by atoms with E-state index >= 15 is 0 Å². The maximum absolute atomic E-state index is 13.8. The molecule has 24 heavy (non-hydrogen) atoms. The van der Waals surface area contributed by atoms with Gasteiger partial charge in [-0.25, -0.2) is 9.07 Å². The number of rotatable bonds is 4. The fraction of sp³-hybridized carbons (Fsp3) is 0.412. The van der Waals surface area contributed by atoms with Gasteiger partial charge in [0.05, 0.1) is 19.0 Å². The molecule has 1 aromatic heterocycles. The lowest BCUT2D eigenvalue weighted by Crippen LogP contribution is -2.46. The van der Waals surface area contributed by atoms with Crippen molar-refractivity contribution in [1.82, 2.24) is 14.7 Å². The van der Waals surface area contributed by atoms with Gasteiger partial charge in [0.1, 0.15) is 0 Å². The smallest absolute Gasteiger partial charge is 0.268 e. The highest BCUT2D eigenvalue weighted by Gasteiger charge is 2.18. The summed E-state index contributed by atoms with van der Waals surface area (Å²) in [5, 5.41) is 4.06. The molecule has 1 fully saturated rings. The maximum atomic E-state index is 13.8. The van der Waals surface area contributed by atoms with Crippen LogP contribution in [0.5, 0.6) is 5.75 Å². The van der Waals surface area contributed by atoms with Crippen LogP contribution in [0.2, 0.25) is 0 Å². The molecule has 0 spiro atoms. The van der Waals surface area contributed by atoms with E-state index in [0.717, 1.165) is 37.4 Å². The fourth-order valence-corrected chi connectivity index (χ4v) is 2.86. The van der Waals surface area contributed by atoms with E-state index in [-0.39, 0.29) is 17.1 Å². The van der Waals surface area contributed by atoms with Crippen molar-refractivity contribution in [3.63, 3.8) is 0 Å². The molecule has 0 aliphatic carbocycles. The third-order valence-electron chi connectivity index (χ3n) is 4.31. The van der Waals surface area contributed by atoms with Gasteiger partial charge in [0.25, 0.3) is 5.56 Å². The van der Waals surface area contributed by atoms with Crippen LogP contribution in [0, 0.1) is 5.82 Å². The van der Waals surface area contributed by atoms with Gasteiger partial charge in [-0.2, -0.15) is 5.10 Å². The lowest BCUT2D eigenvalue weighted by molar-refractivity contribution is 0.249. The first-order valence-corrected chi connectivity index (χ1v) is 7.90. The molecule has 1 saturated heterocycles. The molecule has 1 aliphatic heterocycles. The number of aryl methyl sites for hydroxylation is 1. The Morgan fingerprint density at radius 1 is 1.21 bits per heavy atom. The highest BCUT2D eigenvalue weighted by molar-refractivity contribution is 5.43. The number of nitrogens with zero attached hydrogens (tertiary/aromatic N) is 4. The number of methoxy groups -OCH3 is 1. The minimum absolute atomic E-state index is 0.108. The van der Waals surface area contributed by atoms with Gasteiger partial charge in [-0.1, -0.05) is 6.07 Å². The summed E-state index contributed by atoms with van der Waals surface area (Å²) in [6, 6.07) is 6.68. The van der Waals surface area contributed by atoms with Crippen molar-refractivity contribution in [2.24, 2.45) is 7.05 Å². The van der Waals surface area contributed by atoms with Crippen LogP contribution in [0.1, 0.15) is 5.56 Å². The van der Waals surface area contributed by atoms with Crippen molar-refractivity contribution in [3.05, 3.63) is 52.2 Å². The van der Waals surface area contributed by atoms with Gasteiger partial charge >= 0.3 is 0 Å². The second-order valence-corrected chi connectivity index (χ2v) is 5.91. The quantitative estimate of drug-likeness (QED) is 0.843. The molecule has 0 bridgehead atoms. The molecular formula is C17H21FN4O2. The summed E-state index contributed by atoms with van der Waals surface area (Å²) < 4.78 is 20.0. The number of piperazine rings is 1. The molecule has 0 N–H and O–H groups in total. The summed E-state index contributed by atoms with van der Waals surface area (Å²) in [7, 11) is 3.10. The number of ether oxygens (including phenoxy) is 1. The third kappa shape index (κ3) is 3.56. The van der Waals surface area contributed by atoms with Crippen LogP contribution >= 0.6 is 0 Å². The Balaban J connectivity index is 1.59. The molecule has 1 aliphatic rings. The largest absolute Gasteiger partial charge is 0.494 e. The summed E-state index contributed by atoms with van der Waals surface area (Å²) in [4.78, 5) is 16.1. The van der Waals surface area contributed by atoms with Gasteiger partial charge in [0.2, 0.25) is 0 Å². The zero-order chi connectivity index (χ0) is 17.1. The monoisotopic (exact) mass is 332 g/mol. The average Bonchev–Trinajstić information content (AvgIpc) is 2.58. The predicted molar refractivity (Wildman–Crippen MR) is 89.9 cm³/mol. The molecule has 0 atom stereocenters. The maximum Gasteiger partial charge on any atom is 0.268 e. The van der Waals surface area contributed by atoms with E-state index in [2.05, 4.69) is 14.9 Å². The van der Waals surface area contributed by atoms with Crippen molar-refractivity contribution >= 4 is 5.69 Å². The standard InChI is InChI=1S/C17H21FN4O2/c1-20-17(23)10-14(11-19-20)22-7-5-21(6-8-22)12-13-3-4-16(24-2)15(18)9-13/h3-4,9-11H,5-8,12H2,1-2H3. The Hall–Kier alpha value is -2.41. The van der Waals surface area contributed by atoms with Crippen LogP contribution in [0.3, 0.4) is 0 Å². The summed E-state index contributed by atoms with van der Waals surface area (Å²) in [5.74, 6) is -0.0680. The zero-order valence-electron chi connectivity index (χ0n) is 13.9. The topological polar surface area (TPSA) is 50.6 Å². The van der Waals surface area contributed by atoms with Crippen LogP contribution in [0.25, 0.3) is 0 Å². The molecule has 128 valence electrons. The normalized spacial score (nSPS) is 15.5. The van der Waals surface area contributed by atoms with Gasteiger partial charge in [0, 0.05) is 45.8 Å². The van der Waals surface area contributed by atoms with Crippen LogP contribution in [0.15, 0.2) is 35.3 Å². The molecule has 2 aromatic rings. The first kappa shape index (κ1) is 16.4. The lowest BCUT2D eigenvalue weighted by Gasteiger charge is -2.35. The average molecular weight is 332 g/mol. The molecule has 3 rings (SSSR count). The minimum atomic E-state index is -0.333. The molecule has 0 saturated carbocycles. The molecule has 6 nitrogen and oxygen atoms in total. The highest BCUT2D eigenvalue weighted by Crippen LogP contribution is 2.20. The van der Waals surface area contributed by atoms with Crippen molar-refractivity contribution in [1.29, 1.82) is 0 Å². The molecule has 0 unspecified atom stereocenters.